The Morgan fingerprint density at radius 2 is 2.27 bits per heavy atom. The maximum Gasteiger partial charge on any atom is 0.443 e. The highest BCUT2D eigenvalue weighted by Gasteiger charge is 2.35. The Labute approximate surface area is 93.3 Å². The zero-order valence-electron chi connectivity index (χ0n) is 7.67. The largest absolute Gasteiger partial charge is 0.443 e. The van der Waals surface area contributed by atoms with Crippen LogP contribution in [0.1, 0.15) is 16.7 Å². The lowest BCUT2D eigenvalue weighted by Gasteiger charge is -2.21. The van der Waals surface area contributed by atoms with Crippen LogP contribution < -0.4 is 5.32 Å². The summed E-state index contributed by atoms with van der Waals surface area (Å²) in [6, 6.07) is -0.0314. The summed E-state index contributed by atoms with van der Waals surface area (Å²) >= 11 is 2.40. The Morgan fingerprint density at radius 1 is 1.47 bits per heavy atom. The van der Waals surface area contributed by atoms with E-state index in [0.29, 0.717) is 17.0 Å². The molecule has 1 aromatic rings. The van der Waals surface area contributed by atoms with Gasteiger partial charge in [-0.25, -0.2) is 4.98 Å². The van der Waals surface area contributed by atoms with E-state index in [9.17, 15) is 13.2 Å². The minimum Gasteiger partial charge on any atom is -0.307 e. The molecule has 1 aromatic heterocycles. The molecule has 1 atom stereocenters. The summed E-state index contributed by atoms with van der Waals surface area (Å²) in [6.07, 6.45) is -4.31. The first-order valence-corrected chi connectivity index (χ1v) is 6.44. The van der Waals surface area contributed by atoms with Gasteiger partial charge < -0.3 is 5.32 Å². The van der Waals surface area contributed by atoms with Crippen LogP contribution in [0.3, 0.4) is 0 Å². The van der Waals surface area contributed by atoms with Crippen LogP contribution in [0, 0.1) is 0 Å². The van der Waals surface area contributed by atoms with Crippen molar-refractivity contribution >= 4 is 23.1 Å². The first-order valence-electron chi connectivity index (χ1n) is 4.41. The number of aromatic nitrogens is 1. The minimum atomic E-state index is -4.31. The topological polar surface area (TPSA) is 24.9 Å². The van der Waals surface area contributed by atoms with Gasteiger partial charge in [0.05, 0.1) is 11.7 Å². The number of hydrogen-bond donors (Lipinski definition) is 1. The van der Waals surface area contributed by atoms with E-state index in [1.54, 1.807) is 11.8 Å². The molecule has 2 nitrogen and oxygen atoms in total. The molecule has 0 radical (unpaired) electrons. The average molecular weight is 254 g/mol. The van der Waals surface area contributed by atoms with Crippen LogP contribution in [0.2, 0.25) is 0 Å². The van der Waals surface area contributed by atoms with Crippen LogP contribution in [-0.2, 0) is 6.18 Å². The van der Waals surface area contributed by atoms with Crippen molar-refractivity contribution < 1.29 is 13.2 Å². The fourth-order valence-electron chi connectivity index (χ4n) is 1.33. The first kappa shape index (κ1) is 11.2. The number of hydrogen-bond acceptors (Lipinski definition) is 4. The second kappa shape index (κ2) is 4.31. The van der Waals surface area contributed by atoms with E-state index in [4.69, 9.17) is 0 Å². The molecular formula is C8H9F3N2S2. The zero-order chi connectivity index (χ0) is 10.9. The van der Waals surface area contributed by atoms with E-state index < -0.39 is 11.2 Å². The van der Waals surface area contributed by atoms with E-state index in [2.05, 4.69) is 10.3 Å². The third-order valence-electron chi connectivity index (χ3n) is 2.04. The SMILES string of the molecule is FC(F)(F)c1nc(C2CSCCN2)cs1. The lowest BCUT2D eigenvalue weighted by atomic mass is 10.2. The van der Waals surface area contributed by atoms with Gasteiger partial charge in [-0.15, -0.1) is 11.3 Å². The van der Waals surface area contributed by atoms with Crippen LogP contribution in [-0.4, -0.2) is 23.0 Å². The molecule has 1 unspecified atom stereocenters. The second-order valence-electron chi connectivity index (χ2n) is 3.16. The summed E-state index contributed by atoms with van der Waals surface area (Å²) in [4.78, 5) is 3.62. The summed E-state index contributed by atoms with van der Waals surface area (Å²) < 4.78 is 36.9. The number of rotatable bonds is 1. The van der Waals surface area contributed by atoms with Gasteiger partial charge in [-0.2, -0.15) is 24.9 Å². The highest BCUT2D eigenvalue weighted by atomic mass is 32.2. The molecule has 0 aromatic carbocycles. The maximum absolute atomic E-state index is 12.3. The predicted molar refractivity (Wildman–Crippen MR) is 55.2 cm³/mol. The Bertz CT molecular complexity index is 331. The maximum atomic E-state index is 12.3. The van der Waals surface area contributed by atoms with Crippen molar-refractivity contribution in [1.29, 1.82) is 0 Å². The van der Waals surface area contributed by atoms with E-state index in [-0.39, 0.29) is 6.04 Å². The van der Waals surface area contributed by atoms with Crippen molar-refractivity contribution in [2.45, 2.75) is 12.2 Å². The Kier molecular flexibility index (Phi) is 3.22. The quantitative estimate of drug-likeness (QED) is 0.833. The standard InChI is InChI=1S/C8H9F3N2S2/c9-8(10,11)7-13-6(4-15-7)5-3-14-2-1-12-5/h4-5,12H,1-3H2. The molecule has 0 bridgehead atoms. The van der Waals surface area contributed by atoms with Crippen LogP contribution in [0.4, 0.5) is 13.2 Å². The molecule has 0 saturated carbocycles. The monoisotopic (exact) mass is 254 g/mol. The van der Waals surface area contributed by atoms with E-state index in [0.717, 1.165) is 18.1 Å². The highest BCUT2D eigenvalue weighted by Crippen LogP contribution is 2.33. The fourth-order valence-corrected chi connectivity index (χ4v) is 3.03. The average Bonchev–Trinajstić information content (AvgIpc) is 2.67. The molecule has 0 aliphatic carbocycles. The number of nitrogens with one attached hydrogen (secondary N) is 1. The van der Waals surface area contributed by atoms with Gasteiger partial charge in [0.25, 0.3) is 0 Å². The molecule has 2 rings (SSSR count). The minimum absolute atomic E-state index is 0.0314. The summed E-state index contributed by atoms with van der Waals surface area (Å²) in [5.41, 5.74) is 0.513. The molecule has 84 valence electrons. The van der Waals surface area contributed by atoms with Gasteiger partial charge in [-0.3, -0.25) is 0 Å². The molecule has 15 heavy (non-hydrogen) atoms. The predicted octanol–water partition coefficient (Wildman–Crippen LogP) is 2.54. The van der Waals surface area contributed by atoms with Crippen molar-refractivity contribution in [3.8, 4) is 0 Å². The van der Waals surface area contributed by atoms with Gasteiger partial charge in [-0.1, -0.05) is 0 Å². The fraction of sp³-hybridized carbons (Fsp3) is 0.625. The number of alkyl halides is 3. The lowest BCUT2D eigenvalue weighted by Crippen LogP contribution is -2.30. The molecule has 1 aliphatic heterocycles. The molecule has 1 saturated heterocycles. The molecule has 7 heteroatoms. The first-order chi connectivity index (χ1) is 7.07. The highest BCUT2D eigenvalue weighted by molar-refractivity contribution is 7.99. The lowest BCUT2D eigenvalue weighted by molar-refractivity contribution is -0.137. The van der Waals surface area contributed by atoms with Crippen LogP contribution in [0.15, 0.2) is 5.38 Å². The van der Waals surface area contributed by atoms with Crippen LogP contribution >= 0.6 is 23.1 Å². The number of halogens is 3. The molecule has 2 heterocycles. The number of thioether (sulfide) groups is 1. The van der Waals surface area contributed by atoms with Gasteiger partial charge in [0.2, 0.25) is 0 Å². The van der Waals surface area contributed by atoms with Crippen molar-refractivity contribution in [3.63, 3.8) is 0 Å². The summed E-state index contributed by atoms with van der Waals surface area (Å²) in [6.45, 7) is 0.828. The Morgan fingerprint density at radius 3 is 2.80 bits per heavy atom. The molecular weight excluding hydrogens is 245 g/mol. The molecule has 1 N–H and O–H groups in total. The van der Waals surface area contributed by atoms with E-state index >= 15 is 0 Å². The van der Waals surface area contributed by atoms with Crippen molar-refractivity contribution in [2.24, 2.45) is 0 Å². The van der Waals surface area contributed by atoms with Crippen molar-refractivity contribution in [1.82, 2.24) is 10.3 Å². The Balaban J connectivity index is 2.12. The second-order valence-corrected chi connectivity index (χ2v) is 5.16. The smallest absolute Gasteiger partial charge is 0.307 e. The Hall–Kier alpha value is -0.270. The third kappa shape index (κ3) is 2.64. The van der Waals surface area contributed by atoms with Crippen LogP contribution in [0.5, 0.6) is 0 Å². The van der Waals surface area contributed by atoms with Gasteiger partial charge in [-0.05, 0) is 0 Å². The molecule has 1 fully saturated rings. The van der Waals surface area contributed by atoms with Crippen molar-refractivity contribution in [2.75, 3.05) is 18.1 Å². The van der Waals surface area contributed by atoms with E-state index in [1.807, 2.05) is 0 Å². The normalized spacial score (nSPS) is 23.0. The van der Waals surface area contributed by atoms with E-state index in [1.165, 1.54) is 5.38 Å². The summed E-state index contributed by atoms with van der Waals surface area (Å²) in [7, 11) is 0. The van der Waals surface area contributed by atoms with Gasteiger partial charge in [0.1, 0.15) is 0 Å². The van der Waals surface area contributed by atoms with Gasteiger partial charge in [0.15, 0.2) is 5.01 Å². The van der Waals surface area contributed by atoms with Gasteiger partial charge >= 0.3 is 6.18 Å². The summed E-state index contributed by atoms with van der Waals surface area (Å²) in [5, 5.41) is 3.89. The molecule has 1 aliphatic rings. The number of nitrogens with zero attached hydrogens (tertiary/aromatic N) is 1. The molecule has 0 spiro atoms. The third-order valence-corrected chi connectivity index (χ3v) is 4.01. The van der Waals surface area contributed by atoms with Crippen molar-refractivity contribution in [3.05, 3.63) is 16.1 Å². The van der Waals surface area contributed by atoms with Gasteiger partial charge in [0, 0.05) is 23.4 Å². The summed E-state index contributed by atoms with van der Waals surface area (Å²) in [5.74, 6) is 1.80. The zero-order valence-corrected chi connectivity index (χ0v) is 9.31. The van der Waals surface area contributed by atoms with Crippen LogP contribution in [0.25, 0.3) is 0 Å². The number of thiazole rings is 1. The molecule has 0 amide bonds.